The standard InChI is InChI=1S/C17H17NO2/c18-16(17(19)20)12-15-10-8-14(9-11-15)7-6-13-4-2-1-3-5-13/h1-11,16H,12,18H2,(H,19,20)/t16-/m0/s1. The van der Waals surface area contributed by atoms with E-state index in [4.69, 9.17) is 10.8 Å². The number of hydrogen-bond donors (Lipinski definition) is 2. The van der Waals surface area contributed by atoms with Crippen molar-refractivity contribution in [3.05, 3.63) is 71.3 Å². The van der Waals surface area contributed by atoms with Crippen molar-refractivity contribution >= 4 is 18.1 Å². The Kier molecular flexibility index (Phi) is 4.69. The summed E-state index contributed by atoms with van der Waals surface area (Å²) in [6, 6.07) is 17.0. The van der Waals surface area contributed by atoms with Crippen LogP contribution in [0.1, 0.15) is 16.7 Å². The van der Waals surface area contributed by atoms with Gasteiger partial charge in [0.15, 0.2) is 0 Å². The van der Waals surface area contributed by atoms with Gasteiger partial charge < -0.3 is 10.8 Å². The molecule has 102 valence electrons. The molecular weight excluding hydrogens is 250 g/mol. The lowest BCUT2D eigenvalue weighted by Gasteiger charge is -2.06. The summed E-state index contributed by atoms with van der Waals surface area (Å²) in [4.78, 5) is 10.7. The van der Waals surface area contributed by atoms with E-state index in [9.17, 15) is 4.79 Å². The molecule has 20 heavy (non-hydrogen) atoms. The number of hydrogen-bond acceptors (Lipinski definition) is 2. The molecule has 3 nitrogen and oxygen atoms in total. The molecule has 3 heteroatoms. The molecule has 0 aliphatic rings. The average molecular weight is 267 g/mol. The van der Waals surface area contributed by atoms with E-state index >= 15 is 0 Å². The maximum Gasteiger partial charge on any atom is 0.320 e. The molecule has 3 N–H and O–H groups in total. The summed E-state index contributed by atoms with van der Waals surface area (Å²) >= 11 is 0. The van der Waals surface area contributed by atoms with Gasteiger partial charge in [0.1, 0.15) is 6.04 Å². The van der Waals surface area contributed by atoms with Crippen LogP contribution in [0.2, 0.25) is 0 Å². The fourth-order valence-electron chi connectivity index (χ4n) is 1.86. The van der Waals surface area contributed by atoms with Gasteiger partial charge in [0.25, 0.3) is 0 Å². The van der Waals surface area contributed by atoms with Gasteiger partial charge in [-0.1, -0.05) is 66.7 Å². The molecular formula is C17H17NO2. The number of benzene rings is 2. The van der Waals surface area contributed by atoms with Crippen molar-refractivity contribution in [2.45, 2.75) is 12.5 Å². The monoisotopic (exact) mass is 267 g/mol. The number of aliphatic carboxylic acids is 1. The van der Waals surface area contributed by atoms with Crippen LogP contribution in [-0.4, -0.2) is 17.1 Å². The van der Waals surface area contributed by atoms with Gasteiger partial charge in [-0.2, -0.15) is 0 Å². The summed E-state index contributed by atoms with van der Waals surface area (Å²) in [5.41, 5.74) is 8.65. The second-order valence-corrected chi connectivity index (χ2v) is 4.63. The Bertz CT molecular complexity index is 588. The topological polar surface area (TPSA) is 63.3 Å². The van der Waals surface area contributed by atoms with E-state index in [0.29, 0.717) is 6.42 Å². The van der Waals surface area contributed by atoms with Crippen LogP contribution in [0.15, 0.2) is 54.6 Å². The Morgan fingerprint density at radius 2 is 1.55 bits per heavy atom. The molecule has 0 radical (unpaired) electrons. The van der Waals surface area contributed by atoms with Crippen LogP contribution in [0.5, 0.6) is 0 Å². The highest BCUT2D eigenvalue weighted by Crippen LogP contribution is 2.10. The third-order valence-electron chi connectivity index (χ3n) is 3.02. The van der Waals surface area contributed by atoms with Crippen LogP contribution in [0, 0.1) is 0 Å². The van der Waals surface area contributed by atoms with E-state index < -0.39 is 12.0 Å². The minimum Gasteiger partial charge on any atom is -0.480 e. The van der Waals surface area contributed by atoms with Gasteiger partial charge in [-0.15, -0.1) is 0 Å². The molecule has 0 saturated heterocycles. The van der Waals surface area contributed by atoms with Gasteiger partial charge >= 0.3 is 5.97 Å². The SMILES string of the molecule is N[C@@H](Cc1ccc(C=Cc2ccccc2)cc1)C(=O)O. The molecule has 2 aromatic carbocycles. The zero-order valence-corrected chi connectivity index (χ0v) is 11.1. The highest BCUT2D eigenvalue weighted by Gasteiger charge is 2.11. The highest BCUT2D eigenvalue weighted by atomic mass is 16.4. The Labute approximate surface area is 118 Å². The second-order valence-electron chi connectivity index (χ2n) is 4.63. The van der Waals surface area contributed by atoms with Crippen LogP contribution in [0.3, 0.4) is 0 Å². The molecule has 0 aromatic heterocycles. The summed E-state index contributed by atoms with van der Waals surface area (Å²) in [7, 11) is 0. The van der Waals surface area contributed by atoms with Gasteiger partial charge in [0.05, 0.1) is 0 Å². The van der Waals surface area contributed by atoms with Crippen molar-refractivity contribution in [2.75, 3.05) is 0 Å². The first kappa shape index (κ1) is 14.0. The van der Waals surface area contributed by atoms with Crippen LogP contribution in [-0.2, 0) is 11.2 Å². The van der Waals surface area contributed by atoms with Crippen LogP contribution >= 0.6 is 0 Å². The molecule has 1 atom stereocenters. The Balaban J connectivity index is 2.02. The summed E-state index contributed by atoms with van der Waals surface area (Å²) in [5.74, 6) is -0.974. The summed E-state index contributed by atoms with van der Waals surface area (Å²) in [6.45, 7) is 0. The number of nitrogens with two attached hydrogens (primary N) is 1. The van der Waals surface area contributed by atoms with Crippen molar-refractivity contribution in [1.29, 1.82) is 0 Å². The van der Waals surface area contributed by atoms with E-state index in [1.165, 1.54) is 0 Å². The lowest BCUT2D eigenvalue weighted by atomic mass is 10.0. The van der Waals surface area contributed by atoms with E-state index in [1.54, 1.807) is 0 Å². The van der Waals surface area contributed by atoms with E-state index in [2.05, 4.69) is 0 Å². The molecule has 0 spiro atoms. The lowest BCUT2D eigenvalue weighted by Crippen LogP contribution is -2.32. The summed E-state index contributed by atoms with van der Waals surface area (Å²) < 4.78 is 0. The van der Waals surface area contributed by atoms with E-state index in [0.717, 1.165) is 16.7 Å². The van der Waals surface area contributed by atoms with Gasteiger partial charge in [-0.3, -0.25) is 4.79 Å². The minimum atomic E-state index is -0.974. The smallest absolute Gasteiger partial charge is 0.320 e. The van der Waals surface area contributed by atoms with Gasteiger partial charge in [-0.05, 0) is 23.1 Å². The molecule has 2 aromatic rings. The maximum absolute atomic E-state index is 10.7. The molecule has 0 amide bonds. The molecule has 0 heterocycles. The molecule has 0 fully saturated rings. The van der Waals surface area contributed by atoms with E-state index in [-0.39, 0.29) is 0 Å². The fraction of sp³-hybridized carbons (Fsp3) is 0.118. The third-order valence-corrected chi connectivity index (χ3v) is 3.02. The molecule has 0 saturated carbocycles. The number of carboxylic acid groups (broad SMARTS) is 1. The quantitative estimate of drug-likeness (QED) is 0.819. The number of rotatable bonds is 5. The lowest BCUT2D eigenvalue weighted by molar-refractivity contribution is -0.138. The average Bonchev–Trinajstić information content (AvgIpc) is 2.47. The van der Waals surface area contributed by atoms with E-state index in [1.807, 2.05) is 66.7 Å². The first-order valence-electron chi connectivity index (χ1n) is 6.45. The van der Waals surface area contributed by atoms with Crippen molar-refractivity contribution in [1.82, 2.24) is 0 Å². The maximum atomic E-state index is 10.7. The Morgan fingerprint density at radius 3 is 2.10 bits per heavy atom. The zero-order valence-electron chi connectivity index (χ0n) is 11.1. The van der Waals surface area contributed by atoms with Crippen molar-refractivity contribution in [2.24, 2.45) is 5.73 Å². The Morgan fingerprint density at radius 1 is 1.00 bits per heavy atom. The van der Waals surface area contributed by atoms with Crippen molar-refractivity contribution in [3.63, 3.8) is 0 Å². The molecule has 0 aliphatic heterocycles. The van der Waals surface area contributed by atoms with Gasteiger partial charge in [-0.25, -0.2) is 0 Å². The second kappa shape index (κ2) is 6.68. The predicted molar refractivity (Wildman–Crippen MR) is 81.1 cm³/mol. The molecule has 0 unspecified atom stereocenters. The van der Waals surface area contributed by atoms with Crippen molar-refractivity contribution in [3.8, 4) is 0 Å². The number of carbonyl (C=O) groups is 1. The molecule has 0 bridgehead atoms. The van der Waals surface area contributed by atoms with Crippen molar-refractivity contribution < 1.29 is 9.90 Å². The Hall–Kier alpha value is -2.39. The first-order valence-corrected chi connectivity index (χ1v) is 6.45. The molecule has 0 aliphatic carbocycles. The van der Waals surface area contributed by atoms with Crippen LogP contribution in [0.25, 0.3) is 12.2 Å². The summed E-state index contributed by atoms with van der Waals surface area (Å²) in [6.07, 6.45) is 4.41. The number of carboxylic acids is 1. The minimum absolute atomic E-state index is 0.345. The van der Waals surface area contributed by atoms with Crippen LogP contribution in [0.4, 0.5) is 0 Å². The van der Waals surface area contributed by atoms with Gasteiger partial charge in [0.2, 0.25) is 0 Å². The highest BCUT2D eigenvalue weighted by molar-refractivity contribution is 5.73. The van der Waals surface area contributed by atoms with Gasteiger partial charge in [0, 0.05) is 0 Å². The summed E-state index contributed by atoms with van der Waals surface area (Å²) in [5, 5.41) is 8.77. The fourth-order valence-corrected chi connectivity index (χ4v) is 1.86. The largest absolute Gasteiger partial charge is 0.480 e. The zero-order chi connectivity index (χ0) is 14.4. The first-order chi connectivity index (χ1) is 9.65. The third kappa shape index (κ3) is 4.07. The normalized spacial score (nSPS) is 12.4. The molecule has 2 rings (SSSR count). The predicted octanol–water partition coefficient (Wildman–Crippen LogP) is 2.81. The van der Waals surface area contributed by atoms with Crippen LogP contribution < -0.4 is 5.73 Å².